The van der Waals surface area contributed by atoms with Crippen LogP contribution in [0.5, 0.6) is 0 Å². The SMILES string of the molecule is C=CN=C(/C=C\C)C(C#N)(c1ccccn1)n1cc(C2=CCC(C(=C)O)C=C2)c2ncc(/C(=C(\C)O)C(C)N)cc21.CC. The van der Waals surface area contributed by atoms with Gasteiger partial charge in [0.1, 0.15) is 6.07 Å². The highest BCUT2D eigenvalue weighted by atomic mass is 16.3. The highest BCUT2D eigenvalue weighted by molar-refractivity contribution is 6.07. The number of hydrogen-bond acceptors (Lipinski definition) is 7. The average molecular weight is 577 g/mol. The second kappa shape index (κ2) is 14.3. The number of nitriles is 1. The van der Waals surface area contributed by atoms with Gasteiger partial charge in [0, 0.05) is 53.5 Å². The van der Waals surface area contributed by atoms with Gasteiger partial charge in [-0.25, -0.2) is 0 Å². The minimum atomic E-state index is -1.51. The van der Waals surface area contributed by atoms with Crippen molar-refractivity contribution in [2.75, 3.05) is 0 Å². The Balaban J connectivity index is 0.00000248. The predicted molar refractivity (Wildman–Crippen MR) is 176 cm³/mol. The van der Waals surface area contributed by atoms with E-state index in [4.69, 9.17) is 10.7 Å². The normalized spacial score (nSPS) is 17.7. The molecule has 0 radical (unpaired) electrons. The van der Waals surface area contributed by atoms with Gasteiger partial charge in [0.2, 0.25) is 5.54 Å². The van der Waals surface area contributed by atoms with Gasteiger partial charge in [-0.15, -0.1) is 0 Å². The Kier molecular flexibility index (Phi) is 10.8. The first kappa shape index (κ1) is 32.5. The molecule has 0 bridgehead atoms. The molecule has 0 spiro atoms. The second-order valence-corrected chi connectivity index (χ2v) is 9.88. The maximum Gasteiger partial charge on any atom is 0.216 e. The standard InChI is InChI=1S/C33H34N6O2.C2H6/c1-6-10-29(36-7-2)33(20-34,30-11-8-9-16-37-30)39-19-27(25-14-12-24(13-15-25)22(4)40)32-28(39)17-26(18-38-32)31(21(3)35)23(5)41;1-2/h6-12,14-19,21,24,40-41H,2,4,13,35H2,1,3,5H3;1-2H3/b10-6-,31-23+,36-29?;. The van der Waals surface area contributed by atoms with E-state index in [-0.39, 0.29) is 17.4 Å². The van der Waals surface area contributed by atoms with Crippen LogP contribution in [0, 0.1) is 17.2 Å². The molecule has 4 rings (SSSR count). The minimum Gasteiger partial charge on any atom is -0.512 e. The largest absolute Gasteiger partial charge is 0.512 e. The summed E-state index contributed by atoms with van der Waals surface area (Å²) in [5.74, 6) is 0.0176. The van der Waals surface area contributed by atoms with Crippen molar-refractivity contribution in [3.8, 4) is 6.07 Å². The third kappa shape index (κ3) is 6.27. The van der Waals surface area contributed by atoms with E-state index < -0.39 is 11.6 Å². The summed E-state index contributed by atoms with van der Waals surface area (Å²) in [4.78, 5) is 14.0. The molecule has 43 heavy (non-hydrogen) atoms. The van der Waals surface area contributed by atoms with Gasteiger partial charge in [0.05, 0.1) is 34.0 Å². The first-order valence-electron chi connectivity index (χ1n) is 14.3. The van der Waals surface area contributed by atoms with E-state index in [2.05, 4.69) is 29.2 Å². The molecule has 0 saturated heterocycles. The van der Waals surface area contributed by atoms with Gasteiger partial charge in [-0.2, -0.15) is 5.26 Å². The van der Waals surface area contributed by atoms with Gasteiger partial charge in [-0.1, -0.05) is 57.4 Å². The van der Waals surface area contributed by atoms with Crippen molar-refractivity contribution in [3.63, 3.8) is 0 Å². The highest BCUT2D eigenvalue weighted by Gasteiger charge is 2.42. The Hall–Kier alpha value is -5.00. The average Bonchev–Trinajstić information content (AvgIpc) is 3.38. The van der Waals surface area contributed by atoms with Crippen LogP contribution < -0.4 is 5.73 Å². The van der Waals surface area contributed by atoms with E-state index in [1.165, 1.54) is 6.20 Å². The number of allylic oxidation sites excluding steroid dienone is 7. The van der Waals surface area contributed by atoms with E-state index in [0.717, 1.165) is 11.1 Å². The van der Waals surface area contributed by atoms with Gasteiger partial charge in [-0.3, -0.25) is 15.0 Å². The summed E-state index contributed by atoms with van der Waals surface area (Å²) in [5, 5.41) is 31.4. The molecular weight excluding hydrogens is 536 g/mol. The third-order valence-corrected chi connectivity index (χ3v) is 7.12. The molecular formula is C35H40N6O2. The molecule has 1 aliphatic rings. The lowest BCUT2D eigenvalue weighted by atomic mass is 9.88. The van der Waals surface area contributed by atoms with Crippen LogP contribution in [-0.4, -0.2) is 36.5 Å². The van der Waals surface area contributed by atoms with Gasteiger partial charge in [0.25, 0.3) is 0 Å². The van der Waals surface area contributed by atoms with Crippen LogP contribution in [-0.2, 0) is 5.54 Å². The topological polar surface area (TPSA) is 133 Å². The van der Waals surface area contributed by atoms with Gasteiger partial charge >= 0.3 is 0 Å². The monoisotopic (exact) mass is 576 g/mol. The van der Waals surface area contributed by atoms with E-state index in [9.17, 15) is 15.5 Å². The summed E-state index contributed by atoms with van der Waals surface area (Å²) in [6.45, 7) is 16.7. The molecule has 4 N–H and O–H groups in total. The molecule has 3 aromatic heterocycles. The van der Waals surface area contributed by atoms with Crippen molar-refractivity contribution >= 4 is 27.9 Å². The Morgan fingerprint density at radius 3 is 2.56 bits per heavy atom. The lowest BCUT2D eigenvalue weighted by Crippen LogP contribution is -2.41. The van der Waals surface area contributed by atoms with Crippen molar-refractivity contribution in [3.05, 3.63) is 121 Å². The summed E-state index contributed by atoms with van der Waals surface area (Å²) in [6.07, 6.45) is 16.6. The Morgan fingerprint density at radius 2 is 2.05 bits per heavy atom. The van der Waals surface area contributed by atoms with Crippen LogP contribution in [0.3, 0.4) is 0 Å². The molecule has 3 unspecified atom stereocenters. The molecule has 3 heterocycles. The number of aliphatic hydroxyl groups is 2. The fraction of sp³-hybridized carbons (Fsp3) is 0.257. The van der Waals surface area contributed by atoms with Crippen LogP contribution in [0.15, 0.2) is 109 Å². The number of aliphatic imine (C=N–C) groups is 1. The molecule has 3 atom stereocenters. The quantitative estimate of drug-likeness (QED) is 0.178. The van der Waals surface area contributed by atoms with Crippen LogP contribution in [0.1, 0.15) is 57.9 Å². The highest BCUT2D eigenvalue weighted by Crippen LogP contribution is 2.38. The minimum absolute atomic E-state index is 0.0896. The van der Waals surface area contributed by atoms with Crippen LogP contribution >= 0.6 is 0 Å². The van der Waals surface area contributed by atoms with Crippen molar-refractivity contribution in [2.24, 2.45) is 16.6 Å². The maximum atomic E-state index is 11.0. The number of rotatable bonds is 9. The Labute approximate surface area is 254 Å². The summed E-state index contributed by atoms with van der Waals surface area (Å²) < 4.78 is 1.83. The number of fused-ring (bicyclic) bond motifs is 1. The number of aliphatic hydroxyl groups excluding tert-OH is 2. The number of aromatic nitrogens is 3. The molecule has 8 nitrogen and oxygen atoms in total. The summed E-state index contributed by atoms with van der Waals surface area (Å²) in [7, 11) is 0. The molecule has 0 aromatic carbocycles. The number of nitrogens with two attached hydrogens (primary N) is 1. The van der Waals surface area contributed by atoms with Crippen molar-refractivity contribution in [1.82, 2.24) is 14.5 Å². The van der Waals surface area contributed by atoms with Crippen molar-refractivity contribution in [2.45, 2.75) is 52.6 Å². The van der Waals surface area contributed by atoms with Crippen molar-refractivity contribution < 1.29 is 10.2 Å². The predicted octanol–water partition coefficient (Wildman–Crippen LogP) is 7.55. The number of nitrogens with zero attached hydrogens (tertiary/aromatic N) is 5. The van der Waals surface area contributed by atoms with Gasteiger partial charge < -0.3 is 20.5 Å². The fourth-order valence-corrected chi connectivity index (χ4v) is 5.25. The van der Waals surface area contributed by atoms with E-state index >= 15 is 0 Å². The number of pyridine rings is 2. The third-order valence-electron chi connectivity index (χ3n) is 7.12. The summed E-state index contributed by atoms with van der Waals surface area (Å²) in [5.41, 5.74) is 9.70. The molecule has 222 valence electrons. The van der Waals surface area contributed by atoms with E-state index in [1.807, 2.05) is 68.0 Å². The fourth-order valence-electron chi connectivity index (χ4n) is 5.25. The van der Waals surface area contributed by atoms with E-state index in [1.54, 1.807) is 44.4 Å². The van der Waals surface area contributed by atoms with Crippen LogP contribution in [0.2, 0.25) is 0 Å². The zero-order valence-electron chi connectivity index (χ0n) is 25.5. The van der Waals surface area contributed by atoms with Crippen LogP contribution in [0.25, 0.3) is 22.2 Å². The number of hydrogen-bond donors (Lipinski definition) is 3. The molecule has 8 heteroatoms. The second-order valence-electron chi connectivity index (χ2n) is 9.88. The zero-order chi connectivity index (χ0) is 31.7. The van der Waals surface area contributed by atoms with Crippen molar-refractivity contribution in [1.29, 1.82) is 5.26 Å². The summed E-state index contributed by atoms with van der Waals surface area (Å²) in [6, 6.07) is 9.34. The molecule has 0 fully saturated rings. The first-order chi connectivity index (χ1) is 20.7. The molecule has 1 aliphatic carbocycles. The molecule has 0 saturated carbocycles. The van der Waals surface area contributed by atoms with E-state index in [0.29, 0.717) is 40.0 Å². The first-order valence-corrected chi connectivity index (χ1v) is 14.3. The summed E-state index contributed by atoms with van der Waals surface area (Å²) >= 11 is 0. The molecule has 0 aliphatic heterocycles. The molecule has 0 amide bonds. The Bertz CT molecular complexity index is 1680. The lowest BCUT2D eigenvalue weighted by Gasteiger charge is -2.29. The van der Waals surface area contributed by atoms with Gasteiger partial charge in [-0.05, 0) is 57.0 Å². The zero-order valence-corrected chi connectivity index (χ0v) is 25.5. The lowest BCUT2D eigenvalue weighted by molar-refractivity contribution is 0.359. The Morgan fingerprint density at radius 1 is 1.30 bits per heavy atom. The smallest absolute Gasteiger partial charge is 0.216 e. The van der Waals surface area contributed by atoms with Gasteiger partial charge in [0.15, 0.2) is 0 Å². The molecule has 3 aromatic rings. The van der Waals surface area contributed by atoms with Crippen LogP contribution in [0.4, 0.5) is 0 Å². The maximum absolute atomic E-state index is 11.0.